The number of benzene rings is 3. The highest BCUT2D eigenvalue weighted by molar-refractivity contribution is 6.17. The van der Waals surface area contributed by atoms with Crippen LogP contribution < -0.4 is 4.74 Å². The Balaban J connectivity index is 1.09. The van der Waals surface area contributed by atoms with Crippen molar-refractivity contribution in [2.45, 2.75) is 38.4 Å². The van der Waals surface area contributed by atoms with Gasteiger partial charge in [0.1, 0.15) is 11.6 Å². The zero-order valence-electron chi connectivity index (χ0n) is 22.2. The summed E-state index contributed by atoms with van der Waals surface area (Å²) >= 11 is 0. The topological polar surface area (TPSA) is 59.7 Å². The van der Waals surface area contributed by atoms with Crippen molar-refractivity contribution >= 4 is 22.4 Å². The molecule has 0 radical (unpaired) electrons. The standard InChI is InChI=1S/C32H31FN4O2/c1-36-17-24-12-21(8-9-28(24)35-36)32-25-13-20(6-7-22(25)15-34-32)30(38)14-23-10-19-11-29(23)37(16-19)18-26-27(33)4-3-5-31(26)39-2/h3-9,12-13,17,19,23,29H,10-11,14-16,18H2,1-2H3/t19-,23?,29-/m1/s1. The van der Waals surface area contributed by atoms with Gasteiger partial charge in [0.15, 0.2) is 5.78 Å². The molecule has 7 rings (SSSR count). The van der Waals surface area contributed by atoms with Gasteiger partial charge in [-0.05, 0) is 60.6 Å². The molecule has 1 saturated carbocycles. The lowest BCUT2D eigenvalue weighted by atomic mass is 9.89. The molecule has 1 saturated heterocycles. The molecule has 1 aromatic heterocycles. The van der Waals surface area contributed by atoms with Gasteiger partial charge in [-0.3, -0.25) is 19.4 Å². The summed E-state index contributed by atoms with van der Waals surface area (Å²) in [5.74, 6) is 1.37. The number of likely N-dealkylation sites (tertiary alicyclic amines) is 1. The number of aliphatic imine (C=N–C) groups is 1. The molecule has 3 atom stereocenters. The summed E-state index contributed by atoms with van der Waals surface area (Å²) in [5, 5.41) is 5.55. The summed E-state index contributed by atoms with van der Waals surface area (Å²) in [6.07, 6.45) is 4.66. The third-order valence-corrected chi connectivity index (χ3v) is 8.81. The second-order valence-electron chi connectivity index (χ2n) is 11.3. The van der Waals surface area contributed by atoms with E-state index in [0.29, 0.717) is 42.8 Å². The van der Waals surface area contributed by atoms with Crippen LogP contribution in [0.15, 0.2) is 65.8 Å². The second-order valence-corrected chi connectivity index (χ2v) is 11.3. The van der Waals surface area contributed by atoms with Crippen molar-refractivity contribution in [3.8, 4) is 5.75 Å². The SMILES string of the molecule is COc1cccc(F)c1CN1C[C@@H]2CC(CC(=O)c3ccc4c(c3)C(c3ccc5nn(C)cc5c3)=NC4)[C@H]1C2. The van der Waals surface area contributed by atoms with Crippen LogP contribution in [0.4, 0.5) is 4.39 Å². The monoisotopic (exact) mass is 522 g/mol. The number of aryl methyl sites for hydroxylation is 1. The van der Waals surface area contributed by atoms with Gasteiger partial charge in [0.05, 0.1) is 24.9 Å². The van der Waals surface area contributed by atoms with E-state index in [0.717, 1.165) is 58.3 Å². The maximum Gasteiger partial charge on any atom is 0.163 e. The molecule has 2 aliphatic heterocycles. The number of carbonyl (C=O) groups is 1. The number of hydrogen-bond donors (Lipinski definition) is 0. The number of carbonyl (C=O) groups excluding carboxylic acids is 1. The van der Waals surface area contributed by atoms with Crippen LogP contribution in [-0.2, 0) is 20.1 Å². The zero-order valence-corrected chi connectivity index (χ0v) is 22.2. The molecule has 2 bridgehead atoms. The highest BCUT2D eigenvalue weighted by Crippen LogP contribution is 2.45. The fraction of sp³-hybridized carbons (Fsp3) is 0.344. The Bertz CT molecular complexity index is 1640. The summed E-state index contributed by atoms with van der Waals surface area (Å²) in [5.41, 5.74) is 6.49. The molecule has 1 aliphatic carbocycles. The fourth-order valence-corrected chi connectivity index (χ4v) is 7.02. The lowest BCUT2D eigenvalue weighted by molar-refractivity contribution is 0.0890. The van der Waals surface area contributed by atoms with E-state index in [1.807, 2.05) is 42.2 Å². The highest BCUT2D eigenvalue weighted by atomic mass is 19.1. The molecule has 2 fully saturated rings. The van der Waals surface area contributed by atoms with E-state index in [-0.39, 0.29) is 17.5 Å². The summed E-state index contributed by atoms with van der Waals surface area (Å²) < 4.78 is 21.9. The number of aromatic nitrogens is 2. The smallest absolute Gasteiger partial charge is 0.163 e. The van der Waals surface area contributed by atoms with Gasteiger partial charge in [0.25, 0.3) is 0 Å². The number of ether oxygens (including phenoxy) is 1. The lowest BCUT2D eigenvalue weighted by Crippen LogP contribution is -2.38. The molecule has 39 heavy (non-hydrogen) atoms. The Labute approximate surface area is 227 Å². The van der Waals surface area contributed by atoms with Crippen LogP contribution in [0.1, 0.15) is 51.9 Å². The van der Waals surface area contributed by atoms with Gasteiger partial charge in [-0.15, -0.1) is 0 Å². The Kier molecular flexibility index (Phi) is 5.85. The molecule has 3 aromatic carbocycles. The molecular weight excluding hydrogens is 491 g/mol. The number of piperidine rings is 1. The molecule has 3 aliphatic rings. The summed E-state index contributed by atoms with van der Waals surface area (Å²) in [6, 6.07) is 17.5. The number of fused-ring (bicyclic) bond motifs is 4. The minimum absolute atomic E-state index is 0.174. The van der Waals surface area contributed by atoms with E-state index in [1.165, 1.54) is 6.07 Å². The average molecular weight is 523 g/mol. The molecule has 1 unspecified atom stereocenters. The van der Waals surface area contributed by atoms with Crippen LogP contribution in [0.2, 0.25) is 0 Å². The normalized spacial score (nSPS) is 21.9. The number of rotatable bonds is 7. The predicted molar refractivity (Wildman–Crippen MR) is 149 cm³/mol. The van der Waals surface area contributed by atoms with Crippen molar-refractivity contribution in [3.05, 3.63) is 94.4 Å². The van der Waals surface area contributed by atoms with Crippen molar-refractivity contribution in [1.29, 1.82) is 0 Å². The summed E-state index contributed by atoms with van der Waals surface area (Å²) in [4.78, 5) is 20.7. The third kappa shape index (κ3) is 4.25. The van der Waals surface area contributed by atoms with E-state index in [4.69, 9.17) is 9.73 Å². The van der Waals surface area contributed by atoms with E-state index in [2.05, 4.69) is 28.2 Å². The van der Waals surface area contributed by atoms with E-state index in [1.54, 1.807) is 13.2 Å². The van der Waals surface area contributed by atoms with Crippen molar-refractivity contribution in [2.24, 2.45) is 23.9 Å². The zero-order chi connectivity index (χ0) is 26.7. The van der Waals surface area contributed by atoms with Gasteiger partial charge in [0.2, 0.25) is 0 Å². The number of ketones is 1. The molecule has 0 spiro atoms. The van der Waals surface area contributed by atoms with Crippen LogP contribution in [-0.4, -0.2) is 45.9 Å². The van der Waals surface area contributed by atoms with Gasteiger partial charge in [-0.2, -0.15) is 5.10 Å². The van der Waals surface area contributed by atoms with Gasteiger partial charge < -0.3 is 4.74 Å². The molecule has 0 amide bonds. The second kappa shape index (κ2) is 9.42. The van der Waals surface area contributed by atoms with Crippen LogP contribution in [0.5, 0.6) is 5.75 Å². The third-order valence-electron chi connectivity index (χ3n) is 8.81. The Morgan fingerprint density at radius 3 is 2.87 bits per heavy atom. The maximum atomic E-state index is 14.6. The lowest BCUT2D eigenvalue weighted by Gasteiger charge is -2.33. The average Bonchev–Trinajstić information content (AvgIpc) is 3.71. The number of methoxy groups -OCH3 is 1. The quantitative estimate of drug-likeness (QED) is 0.299. The highest BCUT2D eigenvalue weighted by Gasteiger charge is 2.45. The molecule has 198 valence electrons. The van der Waals surface area contributed by atoms with E-state index in [9.17, 15) is 9.18 Å². The molecule has 6 nitrogen and oxygen atoms in total. The van der Waals surface area contributed by atoms with Gasteiger partial charge in [-0.25, -0.2) is 4.39 Å². The largest absolute Gasteiger partial charge is 0.496 e. The van der Waals surface area contributed by atoms with Crippen LogP contribution in [0, 0.1) is 17.7 Å². The maximum absolute atomic E-state index is 14.6. The first-order chi connectivity index (χ1) is 19.0. The van der Waals surface area contributed by atoms with Crippen molar-refractivity contribution in [2.75, 3.05) is 13.7 Å². The van der Waals surface area contributed by atoms with Crippen molar-refractivity contribution in [3.63, 3.8) is 0 Å². The van der Waals surface area contributed by atoms with Crippen molar-refractivity contribution < 1.29 is 13.9 Å². The van der Waals surface area contributed by atoms with Gasteiger partial charge in [-0.1, -0.05) is 24.3 Å². The van der Waals surface area contributed by atoms with E-state index >= 15 is 0 Å². The number of nitrogens with zero attached hydrogens (tertiary/aromatic N) is 4. The summed E-state index contributed by atoms with van der Waals surface area (Å²) in [7, 11) is 3.51. The Morgan fingerprint density at radius 1 is 1.13 bits per heavy atom. The molecule has 3 heterocycles. The number of Topliss-reactive ketones (excluding diaryl/α,β-unsaturated/α-hetero) is 1. The van der Waals surface area contributed by atoms with Crippen LogP contribution >= 0.6 is 0 Å². The molecule has 4 aromatic rings. The Morgan fingerprint density at radius 2 is 2.03 bits per heavy atom. The van der Waals surface area contributed by atoms with Gasteiger partial charge in [0, 0.05) is 66.4 Å². The minimum atomic E-state index is -0.233. The van der Waals surface area contributed by atoms with Crippen molar-refractivity contribution in [1.82, 2.24) is 14.7 Å². The summed E-state index contributed by atoms with van der Waals surface area (Å²) in [6.45, 7) is 2.10. The molecule has 0 N–H and O–H groups in total. The van der Waals surface area contributed by atoms with Crippen LogP contribution in [0.3, 0.4) is 0 Å². The number of hydrogen-bond acceptors (Lipinski definition) is 5. The first-order valence-electron chi connectivity index (χ1n) is 13.7. The fourth-order valence-electron chi connectivity index (χ4n) is 7.02. The first-order valence-corrected chi connectivity index (χ1v) is 13.7. The van der Waals surface area contributed by atoms with Gasteiger partial charge >= 0.3 is 0 Å². The number of halogens is 1. The predicted octanol–water partition coefficient (Wildman–Crippen LogP) is 5.56. The minimum Gasteiger partial charge on any atom is -0.496 e. The molecular formula is C32H31FN4O2. The molecule has 7 heteroatoms. The first kappa shape index (κ1) is 24.2. The van der Waals surface area contributed by atoms with E-state index < -0.39 is 0 Å². The Hall–Kier alpha value is -3.84. The van der Waals surface area contributed by atoms with Crippen LogP contribution in [0.25, 0.3) is 10.9 Å².